The van der Waals surface area contributed by atoms with E-state index >= 15 is 0 Å². The molecule has 0 fully saturated rings. The third kappa shape index (κ3) is 3.89. The van der Waals surface area contributed by atoms with Gasteiger partial charge in [0.1, 0.15) is 11.5 Å². The van der Waals surface area contributed by atoms with E-state index in [0.717, 1.165) is 10.6 Å². The number of hydrogen-bond acceptors (Lipinski definition) is 4. The summed E-state index contributed by atoms with van der Waals surface area (Å²) < 4.78 is 0. The van der Waals surface area contributed by atoms with Crippen molar-refractivity contribution in [2.45, 2.75) is 11.8 Å². The van der Waals surface area contributed by atoms with Crippen LogP contribution in [-0.2, 0) is 0 Å². The van der Waals surface area contributed by atoms with Crippen LogP contribution in [0.15, 0.2) is 23.2 Å². The van der Waals surface area contributed by atoms with Crippen molar-refractivity contribution in [3.8, 4) is 0 Å². The molecule has 0 saturated heterocycles. The van der Waals surface area contributed by atoms with Crippen LogP contribution in [0.4, 0.5) is 0 Å². The molecular formula is C10H15N3OS. The fraction of sp³-hybridized carbons (Fsp3) is 0.400. The van der Waals surface area contributed by atoms with Gasteiger partial charge in [-0.3, -0.25) is 10.4 Å². The van der Waals surface area contributed by atoms with Gasteiger partial charge in [0.2, 0.25) is 0 Å². The van der Waals surface area contributed by atoms with E-state index in [-0.39, 0.29) is 18.4 Å². The first kappa shape index (κ1) is 12.0. The Kier molecular flexibility index (Phi) is 4.58. The van der Waals surface area contributed by atoms with Crippen LogP contribution in [0.5, 0.6) is 0 Å². The molecule has 0 aliphatic heterocycles. The van der Waals surface area contributed by atoms with E-state index in [1.807, 2.05) is 13.0 Å². The summed E-state index contributed by atoms with van der Waals surface area (Å²) in [6.07, 6.45) is 1.64. The number of nitrogens with zero attached hydrogens (tertiary/aromatic N) is 1. The minimum Gasteiger partial charge on any atom is -0.396 e. The number of nitrogen functional groups attached to an aromatic ring is 1. The second kappa shape index (κ2) is 5.72. The molecule has 0 saturated carbocycles. The van der Waals surface area contributed by atoms with E-state index in [1.54, 1.807) is 24.0 Å². The lowest BCUT2D eigenvalue weighted by molar-refractivity contribution is 0.250. The van der Waals surface area contributed by atoms with Crippen molar-refractivity contribution in [2.24, 2.45) is 11.7 Å². The molecule has 0 bridgehead atoms. The topological polar surface area (TPSA) is 83.0 Å². The largest absolute Gasteiger partial charge is 0.396 e. The molecule has 82 valence electrons. The predicted molar refractivity (Wildman–Crippen MR) is 62.2 cm³/mol. The zero-order chi connectivity index (χ0) is 11.3. The molecule has 1 atom stereocenters. The van der Waals surface area contributed by atoms with Crippen molar-refractivity contribution in [3.05, 3.63) is 24.0 Å². The minimum atomic E-state index is -0.0207. The number of nitrogens with two attached hydrogens (primary N) is 1. The Morgan fingerprint density at radius 3 is 3.07 bits per heavy atom. The smallest absolute Gasteiger partial charge is 0.141 e. The van der Waals surface area contributed by atoms with Crippen molar-refractivity contribution in [1.82, 2.24) is 4.98 Å². The van der Waals surface area contributed by atoms with Crippen molar-refractivity contribution in [1.29, 1.82) is 5.41 Å². The Bertz CT molecular complexity index is 343. The second-order valence-electron chi connectivity index (χ2n) is 3.39. The normalized spacial score (nSPS) is 12.4. The van der Waals surface area contributed by atoms with E-state index in [2.05, 4.69) is 4.98 Å². The van der Waals surface area contributed by atoms with Crippen molar-refractivity contribution in [3.63, 3.8) is 0 Å². The molecule has 1 rings (SSSR count). The molecule has 5 heteroatoms. The van der Waals surface area contributed by atoms with Crippen LogP contribution in [0, 0.1) is 11.3 Å². The molecule has 1 heterocycles. The number of thioether (sulfide) groups is 1. The zero-order valence-corrected chi connectivity index (χ0v) is 9.42. The van der Waals surface area contributed by atoms with Gasteiger partial charge < -0.3 is 10.8 Å². The Hall–Kier alpha value is -1.07. The number of pyridine rings is 1. The lowest BCUT2D eigenvalue weighted by Crippen LogP contribution is -2.12. The lowest BCUT2D eigenvalue weighted by Gasteiger charge is -2.07. The quantitative estimate of drug-likeness (QED) is 0.398. The maximum Gasteiger partial charge on any atom is 0.141 e. The van der Waals surface area contributed by atoms with E-state index in [4.69, 9.17) is 16.2 Å². The summed E-state index contributed by atoms with van der Waals surface area (Å²) in [5, 5.41) is 16.1. The highest BCUT2D eigenvalue weighted by molar-refractivity contribution is 7.99. The Labute approximate surface area is 93.4 Å². The predicted octanol–water partition coefficient (Wildman–Crippen LogP) is 1.09. The Morgan fingerprint density at radius 2 is 2.47 bits per heavy atom. The Balaban J connectivity index is 2.62. The van der Waals surface area contributed by atoms with Crippen LogP contribution >= 0.6 is 11.8 Å². The van der Waals surface area contributed by atoms with Gasteiger partial charge in [-0.2, -0.15) is 0 Å². The number of aromatic nitrogens is 1. The molecule has 0 aliphatic rings. The van der Waals surface area contributed by atoms with E-state index < -0.39 is 0 Å². The summed E-state index contributed by atoms with van der Waals surface area (Å²) in [5.41, 5.74) is 5.83. The standard InChI is InChI=1S/C10H15N3OS/c1-7(5-14)6-15-8-2-3-13-9(4-8)10(11)12/h2-4,7,14H,5-6H2,1H3,(H3,11,12). The minimum absolute atomic E-state index is 0.0207. The monoisotopic (exact) mass is 225 g/mol. The van der Waals surface area contributed by atoms with Gasteiger partial charge in [-0.25, -0.2) is 0 Å². The van der Waals surface area contributed by atoms with E-state index in [9.17, 15) is 0 Å². The first-order chi connectivity index (χ1) is 7.13. The summed E-state index contributed by atoms with van der Waals surface area (Å²) >= 11 is 1.63. The lowest BCUT2D eigenvalue weighted by atomic mass is 10.2. The number of rotatable bonds is 5. The fourth-order valence-corrected chi connectivity index (χ4v) is 1.87. The van der Waals surface area contributed by atoms with Gasteiger partial charge in [0.25, 0.3) is 0 Å². The van der Waals surface area contributed by atoms with Gasteiger partial charge >= 0.3 is 0 Å². The van der Waals surface area contributed by atoms with E-state index in [1.165, 1.54) is 0 Å². The molecular weight excluding hydrogens is 210 g/mol. The SMILES string of the molecule is CC(CO)CSc1ccnc(C(=N)N)c1. The van der Waals surface area contributed by atoms with Crippen LogP contribution < -0.4 is 5.73 Å². The average Bonchev–Trinajstić information content (AvgIpc) is 2.26. The van der Waals surface area contributed by atoms with Crippen molar-refractivity contribution in [2.75, 3.05) is 12.4 Å². The van der Waals surface area contributed by atoms with Crippen molar-refractivity contribution < 1.29 is 5.11 Å². The highest BCUT2D eigenvalue weighted by atomic mass is 32.2. The molecule has 0 spiro atoms. The number of amidine groups is 1. The third-order valence-corrected chi connectivity index (χ3v) is 3.18. The molecule has 0 amide bonds. The average molecular weight is 225 g/mol. The fourth-order valence-electron chi connectivity index (χ4n) is 0.939. The molecule has 4 nitrogen and oxygen atoms in total. The Morgan fingerprint density at radius 1 is 1.73 bits per heavy atom. The van der Waals surface area contributed by atoms with Gasteiger partial charge in [-0.1, -0.05) is 6.92 Å². The first-order valence-electron chi connectivity index (χ1n) is 4.67. The summed E-state index contributed by atoms with van der Waals surface area (Å²) in [4.78, 5) is 5.00. The van der Waals surface area contributed by atoms with Gasteiger partial charge in [0.15, 0.2) is 0 Å². The maximum atomic E-state index is 8.88. The number of aliphatic hydroxyl groups is 1. The molecule has 0 radical (unpaired) electrons. The second-order valence-corrected chi connectivity index (χ2v) is 4.48. The van der Waals surface area contributed by atoms with Crippen LogP contribution in [0.25, 0.3) is 0 Å². The maximum absolute atomic E-state index is 8.88. The first-order valence-corrected chi connectivity index (χ1v) is 5.66. The molecule has 15 heavy (non-hydrogen) atoms. The molecule has 0 aliphatic carbocycles. The summed E-state index contributed by atoms with van der Waals surface area (Å²) in [6.45, 7) is 2.18. The summed E-state index contributed by atoms with van der Waals surface area (Å²) in [6, 6.07) is 3.66. The summed E-state index contributed by atoms with van der Waals surface area (Å²) in [7, 11) is 0. The number of hydrogen-bond donors (Lipinski definition) is 3. The van der Waals surface area contributed by atoms with Crippen LogP contribution in [-0.4, -0.2) is 28.3 Å². The number of nitrogens with one attached hydrogen (secondary N) is 1. The van der Waals surface area contributed by atoms with Gasteiger partial charge in [-0.15, -0.1) is 11.8 Å². The molecule has 1 unspecified atom stereocenters. The van der Waals surface area contributed by atoms with Gasteiger partial charge in [0, 0.05) is 23.5 Å². The van der Waals surface area contributed by atoms with Crippen LogP contribution in [0.3, 0.4) is 0 Å². The highest BCUT2D eigenvalue weighted by Crippen LogP contribution is 2.20. The molecule has 1 aromatic rings. The van der Waals surface area contributed by atoms with Crippen LogP contribution in [0.2, 0.25) is 0 Å². The van der Waals surface area contributed by atoms with E-state index in [0.29, 0.717) is 5.69 Å². The third-order valence-electron chi connectivity index (χ3n) is 1.85. The highest BCUT2D eigenvalue weighted by Gasteiger charge is 2.03. The number of aliphatic hydroxyl groups excluding tert-OH is 1. The molecule has 1 aromatic heterocycles. The molecule has 4 N–H and O–H groups in total. The zero-order valence-electron chi connectivity index (χ0n) is 8.60. The molecule has 0 aromatic carbocycles. The van der Waals surface area contributed by atoms with Gasteiger partial charge in [-0.05, 0) is 18.1 Å². The summed E-state index contributed by atoms with van der Waals surface area (Å²) in [5.74, 6) is 1.09. The van der Waals surface area contributed by atoms with Gasteiger partial charge in [0.05, 0.1) is 0 Å². The van der Waals surface area contributed by atoms with Crippen LogP contribution in [0.1, 0.15) is 12.6 Å². The van der Waals surface area contributed by atoms with Crippen molar-refractivity contribution >= 4 is 17.6 Å².